The molecule has 4 heteroatoms. The number of nitrogens with two attached hydrogens (primary N) is 1. The van der Waals surface area contributed by atoms with Crippen molar-refractivity contribution in [3.8, 4) is 5.75 Å². The minimum Gasteiger partial charge on any atom is -0.508 e. The van der Waals surface area contributed by atoms with Crippen LogP contribution in [0, 0.1) is 0 Å². The molecule has 4 N–H and O–H groups in total. The monoisotopic (exact) mass is 236 g/mol. The summed E-state index contributed by atoms with van der Waals surface area (Å²) in [6.07, 6.45) is 1.64. The van der Waals surface area contributed by atoms with E-state index in [1.807, 2.05) is 13.8 Å². The first kappa shape index (κ1) is 13.5. The lowest BCUT2D eigenvalue weighted by molar-refractivity contribution is 0.0942. The second-order valence-corrected chi connectivity index (χ2v) is 4.30. The Morgan fingerprint density at radius 2 is 1.82 bits per heavy atom. The fourth-order valence-electron chi connectivity index (χ4n) is 1.47. The van der Waals surface area contributed by atoms with Crippen molar-refractivity contribution in [3.63, 3.8) is 0 Å². The van der Waals surface area contributed by atoms with Gasteiger partial charge in [-0.3, -0.25) is 4.79 Å². The third kappa shape index (κ3) is 3.75. The van der Waals surface area contributed by atoms with E-state index in [2.05, 4.69) is 5.32 Å². The Balaban J connectivity index is 2.58. The van der Waals surface area contributed by atoms with Crippen LogP contribution in [0.25, 0.3) is 0 Å². The molecular formula is C13H20N2O2. The largest absolute Gasteiger partial charge is 0.508 e. The quantitative estimate of drug-likeness (QED) is 0.727. The van der Waals surface area contributed by atoms with Crippen LogP contribution in [0.5, 0.6) is 5.75 Å². The first-order valence-electron chi connectivity index (χ1n) is 5.87. The van der Waals surface area contributed by atoms with Crippen LogP contribution >= 0.6 is 0 Å². The molecule has 0 radical (unpaired) electrons. The molecule has 0 aromatic heterocycles. The molecule has 1 rings (SSSR count). The van der Waals surface area contributed by atoms with E-state index in [1.165, 1.54) is 12.1 Å². The first-order chi connectivity index (χ1) is 8.00. The molecule has 0 aliphatic rings. The highest BCUT2D eigenvalue weighted by atomic mass is 16.3. The second kappa shape index (κ2) is 5.68. The van der Waals surface area contributed by atoms with Gasteiger partial charge in [-0.05, 0) is 37.1 Å². The number of carbonyl (C=O) groups is 1. The summed E-state index contributed by atoms with van der Waals surface area (Å²) in [5, 5.41) is 11.9. The number of rotatable bonds is 5. The average molecular weight is 236 g/mol. The van der Waals surface area contributed by atoms with Crippen LogP contribution in [0.4, 0.5) is 0 Å². The molecule has 0 bridgehead atoms. The molecule has 0 aliphatic heterocycles. The molecule has 0 spiro atoms. The minimum atomic E-state index is -0.341. The molecular weight excluding hydrogens is 216 g/mol. The van der Waals surface area contributed by atoms with Crippen molar-refractivity contribution in [2.75, 3.05) is 6.54 Å². The van der Waals surface area contributed by atoms with Crippen molar-refractivity contribution in [3.05, 3.63) is 29.8 Å². The number of nitrogens with one attached hydrogen (secondary N) is 1. The fourth-order valence-corrected chi connectivity index (χ4v) is 1.47. The maximum atomic E-state index is 11.8. The van der Waals surface area contributed by atoms with Crippen LogP contribution in [-0.4, -0.2) is 23.1 Å². The van der Waals surface area contributed by atoms with E-state index < -0.39 is 0 Å². The molecule has 1 amide bonds. The van der Waals surface area contributed by atoms with Gasteiger partial charge >= 0.3 is 0 Å². The molecule has 1 aromatic carbocycles. The van der Waals surface area contributed by atoms with Crippen LogP contribution in [-0.2, 0) is 0 Å². The van der Waals surface area contributed by atoms with E-state index in [1.54, 1.807) is 12.1 Å². The normalized spacial score (nSPS) is 11.2. The number of carbonyl (C=O) groups excluding carboxylic acids is 1. The Hall–Kier alpha value is -1.55. The number of phenols is 1. The van der Waals surface area contributed by atoms with E-state index in [0.29, 0.717) is 12.1 Å². The highest BCUT2D eigenvalue weighted by Gasteiger charge is 2.21. The van der Waals surface area contributed by atoms with Crippen molar-refractivity contribution in [1.29, 1.82) is 0 Å². The zero-order chi connectivity index (χ0) is 12.9. The van der Waals surface area contributed by atoms with Gasteiger partial charge in [0.15, 0.2) is 0 Å². The number of phenolic OH excluding ortho intramolecular Hbond substituents is 1. The highest BCUT2D eigenvalue weighted by Crippen LogP contribution is 2.11. The van der Waals surface area contributed by atoms with Crippen LogP contribution < -0.4 is 11.1 Å². The lowest BCUT2D eigenvalue weighted by Gasteiger charge is -2.26. The van der Waals surface area contributed by atoms with Crippen molar-refractivity contribution >= 4 is 5.91 Å². The summed E-state index contributed by atoms with van der Waals surface area (Å²) < 4.78 is 0. The van der Waals surface area contributed by atoms with Crippen molar-refractivity contribution in [1.82, 2.24) is 5.32 Å². The second-order valence-electron chi connectivity index (χ2n) is 4.30. The van der Waals surface area contributed by atoms with E-state index in [0.717, 1.165) is 12.8 Å². The van der Waals surface area contributed by atoms with Gasteiger partial charge in [-0.1, -0.05) is 13.8 Å². The Labute approximate surface area is 102 Å². The zero-order valence-corrected chi connectivity index (χ0v) is 10.4. The van der Waals surface area contributed by atoms with Crippen LogP contribution in [0.3, 0.4) is 0 Å². The van der Waals surface area contributed by atoms with Crippen molar-refractivity contribution in [2.45, 2.75) is 32.2 Å². The Kier molecular flexibility index (Phi) is 4.52. The Morgan fingerprint density at radius 3 is 2.29 bits per heavy atom. The Bertz CT molecular complexity index is 370. The molecule has 1 aromatic rings. The maximum Gasteiger partial charge on any atom is 0.251 e. The molecule has 94 valence electrons. The van der Waals surface area contributed by atoms with Gasteiger partial charge in [0.25, 0.3) is 5.91 Å². The maximum absolute atomic E-state index is 11.8. The number of benzene rings is 1. The molecule has 0 saturated heterocycles. The van der Waals surface area contributed by atoms with E-state index in [4.69, 9.17) is 10.8 Å². The van der Waals surface area contributed by atoms with Crippen LogP contribution in [0.15, 0.2) is 24.3 Å². The third-order valence-electron chi connectivity index (χ3n) is 3.14. The summed E-state index contributed by atoms with van der Waals surface area (Å²) in [7, 11) is 0. The van der Waals surface area contributed by atoms with Gasteiger partial charge in [0.2, 0.25) is 0 Å². The van der Waals surface area contributed by atoms with Gasteiger partial charge in [0.05, 0.1) is 0 Å². The predicted molar refractivity (Wildman–Crippen MR) is 67.9 cm³/mol. The summed E-state index contributed by atoms with van der Waals surface area (Å²) in [6, 6.07) is 6.15. The van der Waals surface area contributed by atoms with Gasteiger partial charge in [-0.2, -0.15) is 0 Å². The minimum absolute atomic E-state index is 0.150. The smallest absolute Gasteiger partial charge is 0.251 e. The summed E-state index contributed by atoms with van der Waals surface area (Å²) in [4.78, 5) is 11.8. The predicted octanol–water partition coefficient (Wildman–Crippen LogP) is 1.64. The van der Waals surface area contributed by atoms with Crippen molar-refractivity contribution < 1.29 is 9.90 Å². The summed E-state index contributed by atoms with van der Waals surface area (Å²) in [5.41, 5.74) is 6.28. The molecule has 4 nitrogen and oxygen atoms in total. The van der Waals surface area contributed by atoms with Crippen LogP contribution in [0.1, 0.15) is 37.0 Å². The lowest BCUT2D eigenvalue weighted by atomic mass is 9.94. The first-order valence-corrected chi connectivity index (χ1v) is 5.87. The van der Waals surface area contributed by atoms with E-state index in [-0.39, 0.29) is 17.2 Å². The average Bonchev–Trinajstić information content (AvgIpc) is 2.36. The molecule has 17 heavy (non-hydrogen) atoms. The van der Waals surface area contributed by atoms with Gasteiger partial charge in [0, 0.05) is 17.6 Å². The summed E-state index contributed by atoms with van der Waals surface area (Å²) in [5.74, 6) is -0.0152. The van der Waals surface area contributed by atoms with Crippen LogP contribution in [0.2, 0.25) is 0 Å². The zero-order valence-electron chi connectivity index (χ0n) is 10.4. The Morgan fingerprint density at radius 1 is 1.29 bits per heavy atom. The molecule has 0 unspecified atom stereocenters. The van der Waals surface area contributed by atoms with Gasteiger partial charge < -0.3 is 16.2 Å². The van der Waals surface area contributed by atoms with Gasteiger partial charge in [-0.25, -0.2) is 0 Å². The van der Waals surface area contributed by atoms with E-state index in [9.17, 15) is 4.79 Å². The van der Waals surface area contributed by atoms with Gasteiger partial charge in [0.1, 0.15) is 5.75 Å². The molecule has 0 aliphatic carbocycles. The summed E-state index contributed by atoms with van der Waals surface area (Å²) >= 11 is 0. The van der Waals surface area contributed by atoms with Crippen molar-refractivity contribution in [2.24, 2.45) is 5.73 Å². The highest BCUT2D eigenvalue weighted by molar-refractivity contribution is 5.94. The lowest BCUT2D eigenvalue weighted by Crippen LogP contribution is -2.49. The number of aromatic hydroxyl groups is 1. The molecule has 0 atom stereocenters. The molecule has 0 fully saturated rings. The molecule has 0 saturated carbocycles. The van der Waals surface area contributed by atoms with Gasteiger partial charge in [-0.15, -0.1) is 0 Å². The number of amides is 1. The number of hydrogen-bond donors (Lipinski definition) is 3. The standard InChI is InChI=1S/C13H20N2O2/c1-3-13(14,4-2)9-15-12(17)10-5-7-11(16)8-6-10/h5-8,16H,3-4,9,14H2,1-2H3,(H,15,17). The van der Waals surface area contributed by atoms with E-state index >= 15 is 0 Å². The fraction of sp³-hybridized carbons (Fsp3) is 0.462. The SMILES string of the molecule is CCC(N)(CC)CNC(=O)c1ccc(O)cc1. The number of hydrogen-bond acceptors (Lipinski definition) is 3. The third-order valence-corrected chi connectivity index (χ3v) is 3.14. The summed E-state index contributed by atoms with van der Waals surface area (Å²) in [6.45, 7) is 4.48. The molecule has 0 heterocycles. The topological polar surface area (TPSA) is 75.3 Å².